The number of hydrogen-bond donors (Lipinski definition) is 2. The molecule has 4 heteroatoms. The molecule has 1 unspecified atom stereocenters. The van der Waals surface area contributed by atoms with Gasteiger partial charge in [-0.2, -0.15) is 0 Å². The largest absolute Gasteiger partial charge is 0.396 e. The Morgan fingerprint density at radius 3 is 2.68 bits per heavy atom. The molecule has 4 nitrogen and oxygen atoms in total. The van der Waals surface area contributed by atoms with Gasteiger partial charge in [0.15, 0.2) is 0 Å². The third kappa shape index (κ3) is 6.18. The van der Waals surface area contributed by atoms with E-state index in [9.17, 15) is 4.79 Å². The van der Waals surface area contributed by atoms with Crippen LogP contribution in [0, 0.1) is 6.92 Å². The van der Waals surface area contributed by atoms with Crippen LogP contribution in [0.25, 0.3) is 6.08 Å². The maximum Gasteiger partial charge on any atom is 0.244 e. The Labute approximate surface area is 114 Å². The molecule has 0 aliphatic heterocycles. The molecule has 1 aromatic rings. The van der Waals surface area contributed by atoms with Crippen LogP contribution in [0.1, 0.15) is 17.5 Å². The molecule has 2 N–H and O–H groups in total. The Balaban J connectivity index is 2.51. The minimum absolute atomic E-state index is 0.0238. The third-order valence-corrected chi connectivity index (χ3v) is 2.70. The van der Waals surface area contributed by atoms with Crippen molar-refractivity contribution in [1.82, 2.24) is 5.32 Å². The van der Waals surface area contributed by atoms with Crippen molar-refractivity contribution in [1.29, 1.82) is 0 Å². The summed E-state index contributed by atoms with van der Waals surface area (Å²) < 4.78 is 4.98. The number of rotatable bonds is 7. The standard InChI is InChI=1S/C15H21NO3/c1-12-3-5-13(6-4-12)7-8-15(18)16-14(9-10-17)11-19-2/h3-8,14,17H,9-11H2,1-2H3,(H,16,18)/b8-7+. The molecule has 1 rings (SSSR count). The lowest BCUT2D eigenvalue weighted by atomic mass is 10.1. The smallest absolute Gasteiger partial charge is 0.244 e. The molecule has 0 saturated heterocycles. The van der Waals surface area contributed by atoms with Crippen LogP contribution in [0.3, 0.4) is 0 Å². The predicted octanol–water partition coefficient (Wildman–Crippen LogP) is 1.52. The van der Waals surface area contributed by atoms with Gasteiger partial charge in [0.1, 0.15) is 0 Å². The monoisotopic (exact) mass is 263 g/mol. The molecular weight excluding hydrogens is 242 g/mol. The molecule has 0 aliphatic carbocycles. The van der Waals surface area contributed by atoms with E-state index >= 15 is 0 Å². The summed E-state index contributed by atoms with van der Waals surface area (Å²) in [6.45, 7) is 2.44. The normalized spacial score (nSPS) is 12.6. The van der Waals surface area contributed by atoms with Gasteiger partial charge in [0.05, 0.1) is 12.6 Å². The highest BCUT2D eigenvalue weighted by molar-refractivity contribution is 5.91. The number of nitrogens with one attached hydrogen (secondary N) is 1. The first-order chi connectivity index (χ1) is 9.15. The molecule has 0 aliphatic rings. The molecule has 0 fully saturated rings. The topological polar surface area (TPSA) is 58.6 Å². The molecule has 0 heterocycles. The second-order valence-electron chi connectivity index (χ2n) is 4.42. The number of carbonyl (C=O) groups excluding carboxylic acids is 1. The van der Waals surface area contributed by atoms with Crippen molar-refractivity contribution in [2.75, 3.05) is 20.3 Å². The minimum atomic E-state index is -0.184. The third-order valence-electron chi connectivity index (χ3n) is 2.70. The van der Waals surface area contributed by atoms with E-state index in [1.54, 1.807) is 13.2 Å². The van der Waals surface area contributed by atoms with Gasteiger partial charge in [0.2, 0.25) is 5.91 Å². The molecule has 0 bridgehead atoms. The second kappa shape index (κ2) is 8.45. The van der Waals surface area contributed by atoms with Gasteiger partial charge in [-0.25, -0.2) is 0 Å². The first-order valence-corrected chi connectivity index (χ1v) is 6.30. The number of benzene rings is 1. The van der Waals surface area contributed by atoms with Gasteiger partial charge >= 0.3 is 0 Å². The zero-order chi connectivity index (χ0) is 14.1. The van der Waals surface area contributed by atoms with E-state index in [1.165, 1.54) is 11.6 Å². The number of methoxy groups -OCH3 is 1. The number of ether oxygens (including phenoxy) is 1. The highest BCUT2D eigenvalue weighted by Gasteiger charge is 2.09. The van der Waals surface area contributed by atoms with E-state index in [4.69, 9.17) is 9.84 Å². The first kappa shape index (κ1) is 15.4. The van der Waals surface area contributed by atoms with Crippen molar-refractivity contribution in [2.45, 2.75) is 19.4 Å². The maximum absolute atomic E-state index is 11.7. The van der Waals surface area contributed by atoms with Crippen LogP contribution >= 0.6 is 0 Å². The molecule has 0 spiro atoms. The van der Waals surface area contributed by atoms with Gasteiger partial charge in [0, 0.05) is 19.8 Å². The van der Waals surface area contributed by atoms with E-state index in [0.29, 0.717) is 13.0 Å². The quantitative estimate of drug-likeness (QED) is 0.733. The number of aliphatic hydroxyl groups is 1. The highest BCUT2D eigenvalue weighted by Crippen LogP contribution is 2.04. The molecule has 19 heavy (non-hydrogen) atoms. The van der Waals surface area contributed by atoms with E-state index in [2.05, 4.69) is 5.32 Å². The molecule has 1 amide bonds. The van der Waals surface area contributed by atoms with Crippen LogP contribution in [0.2, 0.25) is 0 Å². The number of aliphatic hydroxyl groups excluding tert-OH is 1. The highest BCUT2D eigenvalue weighted by atomic mass is 16.5. The zero-order valence-corrected chi connectivity index (χ0v) is 11.4. The Bertz CT molecular complexity index is 406. The molecule has 104 valence electrons. The number of carbonyl (C=O) groups is 1. The van der Waals surface area contributed by atoms with Crippen LogP contribution in [-0.2, 0) is 9.53 Å². The van der Waals surface area contributed by atoms with E-state index in [-0.39, 0.29) is 18.6 Å². The van der Waals surface area contributed by atoms with Gasteiger partial charge in [-0.05, 0) is 25.0 Å². The fourth-order valence-electron chi connectivity index (χ4n) is 1.65. The van der Waals surface area contributed by atoms with Gasteiger partial charge < -0.3 is 15.2 Å². The van der Waals surface area contributed by atoms with Gasteiger partial charge in [-0.3, -0.25) is 4.79 Å². The average molecular weight is 263 g/mol. The summed E-state index contributed by atoms with van der Waals surface area (Å²) in [6, 6.07) is 7.75. The van der Waals surface area contributed by atoms with E-state index in [1.807, 2.05) is 31.2 Å². The lowest BCUT2D eigenvalue weighted by molar-refractivity contribution is -0.117. The van der Waals surface area contributed by atoms with Crippen molar-refractivity contribution in [3.63, 3.8) is 0 Å². The Kier molecular flexibility index (Phi) is 6.85. The van der Waals surface area contributed by atoms with E-state index < -0.39 is 0 Å². The van der Waals surface area contributed by atoms with Crippen molar-refractivity contribution in [3.05, 3.63) is 41.5 Å². The summed E-state index contributed by atoms with van der Waals surface area (Å²) >= 11 is 0. The van der Waals surface area contributed by atoms with Crippen molar-refractivity contribution in [2.24, 2.45) is 0 Å². The van der Waals surface area contributed by atoms with Crippen LogP contribution in [0.5, 0.6) is 0 Å². The SMILES string of the molecule is COCC(CCO)NC(=O)/C=C/c1ccc(C)cc1. The molecule has 1 atom stereocenters. The number of hydrogen-bond acceptors (Lipinski definition) is 3. The fourth-order valence-corrected chi connectivity index (χ4v) is 1.65. The maximum atomic E-state index is 11.7. The summed E-state index contributed by atoms with van der Waals surface area (Å²) in [4.78, 5) is 11.7. The lowest BCUT2D eigenvalue weighted by Gasteiger charge is -2.15. The summed E-state index contributed by atoms with van der Waals surface area (Å²) in [5.41, 5.74) is 2.16. The number of aryl methyl sites for hydroxylation is 1. The van der Waals surface area contributed by atoms with Crippen molar-refractivity contribution in [3.8, 4) is 0 Å². The summed E-state index contributed by atoms with van der Waals surface area (Å²) in [6.07, 6.45) is 3.74. The van der Waals surface area contributed by atoms with E-state index in [0.717, 1.165) is 5.56 Å². The summed E-state index contributed by atoms with van der Waals surface area (Å²) in [5.74, 6) is -0.184. The van der Waals surface area contributed by atoms with Crippen LogP contribution in [-0.4, -0.2) is 37.4 Å². The fraction of sp³-hybridized carbons (Fsp3) is 0.400. The van der Waals surface area contributed by atoms with Crippen LogP contribution in [0.15, 0.2) is 30.3 Å². The average Bonchev–Trinajstić information content (AvgIpc) is 2.39. The molecule has 0 aromatic heterocycles. The van der Waals surface area contributed by atoms with Crippen LogP contribution < -0.4 is 5.32 Å². The molecule has 0 radical (unpaired) electrons. The van der Waals surface area contributed by atoms with Gasteiger partial charge in [0.25, 0.3) is 0 Å². The Hall–Kier alpha value is -1.65. The minimum Gasteiger partial charge on any atom is -0.396 e. The Morgan fingerprint density at radius 1 is 1.42 bits per heavy atom. The number of amides is 1. The molecule has 0 saturated carbocycles. The van der Waals surface area contributed by atoms with Gasteiger partial charge in [-0.1, -0.05) is 29.8 Å². The second-order valence-corrected chi connectivity index (χ2v) is 4.42. The zero-order valence-electron chi connectivity index (χ0n) is 11.4. The first-order valence-electron chi connectivity index (χ1n) is 6.30. The van der Waals surface area contributed by atoms with Crippen LogP contribution in [0.4, 0.5) is 0 Å². The van der Waals surface area contributed by atoms with Crippen molar-refractivity contribution >= 4 is 12.0 Å². The molecular formula is C15H21NO3. The summed E-state index contributed by atoms with van der Waals surface area (Å²) in [5, 5.41) is 11.7. The van der Waals surface area contributed by atoms with Crippen molar-refractivity contribution < 1.29 is 14.6 Å². The van der Waals surface area contributed by atoms with Gasteiger partial charge in [-0.15, -0.1) is 0 Å². The Morgan fingerprint density at radius 2 is 2.11 bits per heavy atom. The predicted molar refractivity (Wildman–Crippen MR) is 75.7 cm³/mol. The molecule has 1 aromatic carbocycles. The lowest BCUT2D eigenvalue weighted by Crippen LogP contribution is -2.37. The summed E-state index contributed by atoms with van der Waals surface area (Å²) in [7, 11) is 1.57.